The van der Waals surface area contributed by atoms with Crippen molar-refractivity contribution in [1.82, 2.24) is 20.2 Å². The minimum Gasteiger partial charge on any atom is -0.322 e. The van der Waals surface area contributed by atoms with Gasteiger partial charge in [-0.1, -0.05) is 6.07 Å². The molecule has 0 unspecified atom stereocenters. The molecule has 0 aliphatic rings. The van der Waals surface area contributed by atoms with Gasteiger partial charge in [-0.15, -0.1) is 16.4 Å². The predicted molar refractivity (Wildman–Crippen MR) is 111 cm³/mol. The van der Waals surface area contributed by atoms with E-state index in [-0.39, 0.29) is 17.5 Å². The zero-order chi connectivity index (χ0) is 21.1. The average molecular weight is 422 g/mol. The van der Waals surface area contributed by atoms with Gasteiger partial charge >= 0.3 is 0 Å². The highest BCUT2D eigenvalue weighted by atomic mass is 32.1. The van der Waals surface area contributed by atoms with Crippen LogP contribution in [0.3, 0.4) is 0 Å². The van der Waals surface area contributed by atoms with Crippen molar-refractivity contribution in [3.63, 3.8) is 0 Å². The average Bonchev–Trinajstić information content (AvgIpc) is 3.42. The summed E-state index contributed by atoms with van der Waals surface area (Å²) in [4.78, 5) is 25.2. The molecule has 2 amide bonds. The summed E-state index contributed by atoms with van der Waals surface area (Å²) in [5, 5.41) is 18.3. The van der Waals surface area contributed by atoms with Gasteiger partial charge in [-0.25, -0.2) is 4.39 Å². The van der Waals surface area contributed by atoms with Gasteiger partial charge in [0.25, 0.3) is 11.8 Å². The molecule has 0 saturated heterocycles. The molecule has 10 heteroatoms. The summed E-state index contributed by atoms with van der Waals surface area (Å²) in [6.07, 6.45) is 0. The summed E-state index contributed by atoms with van der Waals surface area (Å²) >= 11 is 1.34. The molecule has 4 aromatic rings. The first-order valence-electron chi connectivity index (χ1n) is 8.82. The van der Waals surface area contributed by atoms with Crippen LogP contribution in [-0.4, -0.2) is 32.0 Å². The van der Waals surface area contributed by atoms with Crippen molar-refractivity contribution < 1.29 is 14.0 Å². The van der Waals surface area contributed by atoms with E-state index in [2.05, 4.69) is 26.2 Å². The van der Waals surface area contributed by atoms with Crippen molar-refractivity contribution in [2.45, 2.75) is 6.92 Å². The number of aryl methyl sites for hydroxylation is 1. The normalized spacial score (nSPS) is 10.6. The number of anilines is 2. The third-order valence-corrected chi connectivity index (χ3v) is 5.08. The second-order valence-corrected chi connectivity index (χ2v) is 7.21. The number of carbonyl (C=O) groups excluding carboxylic acids is 2. The number of nitrogens with zero attached hydrogens (tertiary/aromatic N) is 4. The second-order valence-electron chi connectivity index (χ2n) is 6.27. The fourth-order valence-electron chi connectivity index (χ4n) is 2.72. The van der Waals surface area contributed by atoms with E-state index in [4.69, 9.17) is 0 Å². The highest BCUT2D eigenvalue weighted by Crippen LogP contribution is 2.20. The van der Waals surface area contributed by atoms with Crippen LogP contribution in [0, 0.1) is 12.7 Å². The van der Waals surface area contributed by atoms with Crippen LogP contribution in [0.15, 0.2) is 60.0 Å². The van der Waals surface area contributed by atoms with Crippen LogP contribution in [-0.2, 0) is 0 Å². The molecule has 0 aliphatic carbocycles. The summed E-state index contributed by atoms with van der Waals surface area (Å²) in [7, 11) is 0. The van der Waals surface area contributed by atoms with Gasteiger partial charge in [0, 0.05) is 16.9 Å². The summed E-state index contributed by atoms with van der Waals surface area (Å²) < 4.78 is 15.4. The SMILES string of the molecule is Cc1nnnn1-c1cc(NC(=O)c2ccc(NC(=O)c3cccs3)cc2)ccc1F. The molecule has 2 aromatic heterocycles. The largest absolute Gasteiger partial charge is 0.322 e. The Balaban J connectivity index is 1.46. The van der Waals surface area contributed by atoms with Crippen molar-refractivity contribution in [2.24, 2.45) is 0 Å². The number of hydrogen-bond donors (Lipinski definition) is 2. The van der Waals surface area contributed by atoms with E-state index in [1.165, 1.54) is 34.2 Å². The first-order valence-corrected chi connectivity index (χ1v) is 9.70. The minimum atomic E-state index is -0.519. The first-order chi connectivity index (χ1) is 14.5. The molecule has 0 radical (unpaired) electrons. The van der Waals surface area contributed by atoms with Crippen LogP contribution in [0.4, 0.5) is 15.8 Å². The number of thiophene rings is 1. The summed E-state index contributed by atoms with van der Waals surface area (Å²) in [5.41, 5.74) is 1.47. The third-order valence-electron chi connectivity index (χ3n) is 4.21. The molecule has 30 heavy (non-hydrogen) atoms. The van der Waals surface area contributed by atoms with E-state index in [9.17, 15) is 14.0 Å². The first kappa shape index (κ1) is 19.4. The Morgan fingerprint density at radius 3 is 2.40 bits per heavy atom. The molecule has 0 atom stereocenters. The van der Waals surface area contributed by atoms with Crippen molar-refractivity contribution in [2.75, 3.05) is 10.6 Å². The van der Waals surface area contributed by atoms with Gasteiger partial charge in [0.1, 0.15) is 11.5 Å². The van der Waals surface area contributed by atoms with Crippen LogP contribution in [0.5, 0.6) is 0 Å². The van der Waals surface area contributed by atoms with E-state index in [1.54, 1.807) is 43.3 Å². The molecule has 0 bridgehead atoms. The van der Waals surface area contributed by atoms with Crippen molar-refractivity contribution in [3.8, 4) is 5.69 Å². The van der Waals surface area contributed by atoms with E-state index >= 15 is 0 Å². The van der Waals surface area contributed by atoms with Crippen LogP contribution in [0.25, 0.3) is 5.69 Å². The Hall–Kier alpha value is -3.92. The van der Waals surface area contributed by atoms with Crippen LogP contribution in [0.1, 0.15) is 25.9 Å². The lowest BCUT2D eigenvalue weighted by molar-refractivity contribution is 0.102. The van der Waals surface area contributed by atoms with Crippen molar-refractivity contribution in [3.05, 3.63) is 82.1 Å². The molecule has 2 heterocycles. The molecule has 0 spiro atoms. The number of tetrazole rings is 1. The van der Waals surface area contributed by atoms with Gasteiger partial charge < -0.3 is 10.6 Å². The lowest BCUT2D eigenvalue weighted by Crippen LogP contribution is -2.13. The number of halogens is 1. The number of amides is 2. The fraction of sp³-hybridized carbons (Fsp3) is 0.0500. The number of rotatable bonds is 5. The molecule has 8 nitrogen and oxygen atoms in total. The summed E-state index contributed by atoms with van der Waals surface area (Å²) in [6, 6.07) is 14.1. The quantitative estimate of drug-likeness (QED) is 0.511. The number of hydrogen-bond acceptors (Lipinski definition) is 6. The van der Waals surface area contributed by atoms with Crippen molar-refractivity contribution in [1.29, 1.82) is 0 Å². The topological polar surface area (TPSA) is 102 Å². The third kappa shape index (κ3) is 4.08. The van der Waals surface area contributed by atoms with E-state index in [0.29, 0.717) is 27.6 Å². The molecule has 2 N–H and O–H groups in total. The number of benzene rings is 2. The van der Waals surface area contributed by atoms with E-state index in [0.717, 1.165) is 0 Å². The van der Waals surface area contributed by atoms with Crippen LogP contribution >= 0.6 is 11.3 Å². The maximum Gasteiger partial charge on any atom is 0.265 e. The molecule has 0 aliphatic heterocycles. The molecule has 0 fully saturated rings. The van der Waals surface area contributed by atoms with Gasteiger partial charge in [0.05, 0.1) is 4.88 Å². The van der Waals surface area contributed by atoms with Crippen LogP contribution < -0.4 is 10.6 Å². The standard InChI is InChI=1S/C20H15FN6O2S/c1-12-24-25-26-27(12)17-11-15(8-9-16(17)21)23-19(28)13-4-6-14(7-5-13)22-20(29)18-3-2-10-30-18/h2-11H,1H3,(H,22,29)(H,23,28). The molecular weight excluding hydrogens is 407 g/mol. The monoisotopic (exact) mass is 422 g/mol. The van der Waals surface area contributed by atoms with Gasteiger partial charge in [0.2, 0.25) is 0 Å². The predicted octanol–water partition coefficient (Wildman–Crippen LogP) is 3.68. The zero-order valence-corrected chi connectivity index (χ0v) is 16.5. The van der Waals surface area contributed by atoms with Gasteiger partial charge in [-0.2, -0.15) is 4.68 Å². The molecule has 4 rings (SSSR count). The Morgan fingerprint density at radius 2 is 1.73 bits per heavy atom. The maximum atomic E-state index is 14.2. The number of carbonyl (C=O) groups is 2. The van der Waals surface area contributed by atoms with Gasteiger partial charge in [-0.3, -0.25) is 9.59 Å². The molecular formula is C20H15FN6O2S. The highest BCUT2D eigenvalue weighted by molar-refractivity contribution is 7.12. The van der Waals surface area contributed by atoms with Crippen molar-refractivity contribution >= 4 is 34.5 Å². The summed E-state index contributed by atoms with van der Waals surface area (Å²) in [6.45, 7) is 1.64. The second kappa shape index (κ2) is 8.21. The minimum absolute atomic E-state index is 0.127. The Morgan fingerprint density at radius 1 is 1.00 bits per heavy atom. The summed E-state index contributed by atoms with van der Waals surface area (Å²) in [5.74, 6) is -0.692. The molecule has 2 aromatic carbocycles. The Kier molecular flexibility index (Phi) is 5.31. The highest BCUT2D eigenvalue weighted by Gasteiger charge is 2.13. The lowest BCUT2D eigenvalue weighted by atomic mass is 10.2. The Bertz CT molecular complexity index is 1200. The number of aromatic nitrogens is 4. The Labute approximate surface area is 174 Å². The molecule has 0 saturated carbocycles. The van der Waals surface area contributed by atoms with Gasteiger partial charge in [0.15, 0.2) is 5.82 Å². The van der Waals surface area contributed by atoms with Gasteiger partial charge in [-0.05, 0) is 71.3 Å². The fourth-order valence-corrected chi connectivity index (χ4v) is 3.33. The number of nitrogens with one attached hydrogen (secondary N) is 2. The maximum absolute atomic E-state index is 14.2. The molecule has 150 valence electrons. The smallest absolute Gasteiger partial charge is 0.265 e. The lowest BCUT2D eigenvalue weighted by Gasteiger charge is -2.09. The van der Waals surface area contributed by atoms with E-state index in [1.807, 2.05) is 5.38 Å². The zero-order valence-electron chi connectivity index (χ0n) is 15.7. The van der Waals surface area contributed by atoms with E-state index < -0.39 is 5.82 Å². The van der Waals surface area contributed by atoms with Crippen LogP contribution in [0.2, 0.25) is 0 Å².